The molecule has 0 aromatic rings. The third-order valence-corrected chi connectivity index (χ3v) is 2.32. The average Bonchev–Trinajstić information content (AvgIpc) is 2.38. The van der Waals surface area contributed by atoms with Crippen LogP contribution in [0, 0.1) is 0 Å². The lowest BCUT2D eigenvalue weighted by Crippen LogP contribution is -2.41. The van der Waals surface area contributed by atoms with Crippen molar-refractivity contribution in [3.05, 3.63) is 0 Å². The lowest BCUT2D eigenvalue weighted by molar-refractivity contribution is -0.144. The molecule has 0 aliphatic carbocycles. The molecular formula is C12H21NO6. The first-order chi connectivity index (χ1) is 9.01. The molecule has 110 valence electrons. The fourth-order valence-electron chi connectivity index (χ4n) is 1.30. The summed E-state index contributed by atoms with van der Waals surface area (Å²) in [7, 11) is 1.22. The molecule has 7 nitrogen and oxygen atoms in total. The van der Waals surface area contributed by atoms with Crippen molar-refractivity contribution in [2.45, 2.75) is 38.6 Å². The van der Waals surface area contributed by atoms with Crippen LogP contribution in [0.5, 0.6) is 0 Å². The maximum atomic E-state index is 11.5. The normalized spacial score (nSPS) is 11.7. The Labute approximate surface area is 112 Å². The molecule has 2 N–H and O–H groups in total. The standard InChI is InChI=1S/C12H21NO6/c1-3-7-19-8-6-10(14)13-9(12(16)17)4-5-11(15)18-2/h9H,3-8H2,1-2H3,(H,13,14)(H,16,17)/t9-/m1/s1. The molecular weight excluding hydrogens is 254 g/mol. The van der Waals surface area contributed by atoms with Gasteiger partial charge in [0.1, 0.15) is 6.04 Å². The van der Waals surface area contributed by atoms with Crippen molar-refractivity contribution in [1.29, 1.82) is 0 Å². The second kappa shape index (κ2) is 10.3. The monoisotopic (exact) mass is 275 g/mol. The van der Waals surface area contributed by atoms with Gasteiger partial charge in [-0.25, -0.2) is 4.79 Å². The van der Waals surface area contributed by atoms with E-state index >= 15 is 0 Å². The molecule has 0 fully saturated rings. The van der Waals surface area contributed by atoms with Crippen molar-refractivity contribution in [3.63, 3.8) is 0 Å². The molecule has 0 aromatic heterocycles. The zero-order valence-electron chi connectivity index (χ0n) is 11.3. The van der Waals surface area contributed by atoms with E-state index in [2.05, 4.69) is 10.1 Å². The highest BCUT2D eigenvalue weighted by atomic mass is 16.5. The molecule has 0 aliphatic heterocycles. The van der Waals surface area contributed by atoms with Crippen LogP contribution in [0.1, 0.15) is 32.6 Å². The van der Waals surface area contributed by atoms with Crippen molar-refractivity contribution in [3.8, 4) is 0 Å². The molecule has 0 aliphatic rings. The van der Waals surface area contributed by atoms with Gasteiger partial charge in [0.05, 0.1) is 13.7 Å². The summed E-state index contributed by atoms with van der Waals surface area (Å²) >= 11 is 0. The number of carboxylic acids is 1. The van der Waals surface area contributed by atoms with E-state index in [-0.39, 0.29) is 25.9 Å². The highest BCUT2D eigenvalue weighted by Gasteiger charge is 2.20. The number of hydrogen-bond acceptors (Lipinski definition) is 5. The Balaban J connectivity index is 4.01. The molecule has 0 saturated heterocycles. The quantitative estimate of drug-likeness (QED) is 0.440. The van der Waals surface area contributed by atoms with Crippen LogP contribution < -0.4 is 5.32 Å². The molecule has 0 spiro atoms. The number of methoxy groups -OCH3 is 1. The predicted octanol–water partition coefficient (Wildman–Crippen LogP) is 0.326. The Morgan fingerprint density at radius 3 is 2.42 bits per heavy atom. The van der Waals surface area contributed by atoms with E-state index < -0.39 is 23.9 Å². The Morgan fingerprint density at radius 2 is 1.89 bits per heavy atom. The molecule has 0 saturated carbocycles. The minimum absolute atomic E-state index is 0.00354. The molecule has 0 rings (SSSR count). The van der Waals surface area contributed by atoms with Gasteiger partial charge < -0.3 is 19.9 Å². The Kier molecular flexibility index (Phi) is 9.42. The fraction of sp³-hybridized carbons (Fsp3) is 0.750. The number of amides is 1. The summed E-state index contributed by atoms with van der Waals surface area (Å²) in [5, 5.41) is 11.3. The summed E-state index contributed by atoms with van der Waals surface area (Å²) in [5.41, 5.74) is 0. The molecule has 0 aromatic carbocycles. The van der Waals surface area contributed by atoms with Crippen LogP contribution in [0.15, 0.2) is 0 Å². The maximum Gasteiger partial charge on any atom is 0.326 e. The van der Waals surface area contributed by atoms with Crippen LogP contribution >= 0.6 is 0 Å². The van der Waals surface area contributed by atoms with Crippen LogP contribution in [-0.2, 0) is 23.9 Å². The minimum atomic E-state index is -1.17. The molecule has 1 amide bonds. The second-order valence-electron chi connectivity index (χ2n) is 3.94. The highest BCUT2D eigenvalue weighted by Crippen LogP contribution is 2.00. The van der Waals surface area contributed by atoms with Crippen LogP contribution in [0.4, 0.5) is 0 Å². The van der Waals surface area contributed by atoms with E-state index in [0.29, 0.717) is 6.61 Å². The van der Waals surface area contributed by atoms with Gasteiger partial charge in [0.15, 0.2) is 0 Å². The largest absolute Gasteiger partial charge is 0.480 e. The second-order valence-corrected chi connectivity index (χ2v) is 3.94. The van der Waals surface area contributed by atoms with Gasteiger partial charge in [-0.1, -0.05) is 6.92 Å². The lowest BCUT2D eigenvalue weighted by Gasteiger charge is -2.13. The Morgan fingerprint density at radius 1 is 1.21 bits per heavy atom. The highest BCUT2D eigenvalue weighted by molar-refractivity contribution is 5.84. The zero-order chi connectivity index (χ0) is 14.7. The van der Waals surface area contributed by atoms with Crippen molar-refractivity contribution in [2.24, 2.45) is 0 Å². The third kappa shape index (κ3) is 9.01. The smallest absolute Gasteiger partial charge is 0.326 e. The first-order valence-corrected chi connectivity index (χ1v) is 6.18. The van der Waals surface area contributed by atoms with Crippen LogP contribution in [0.25, 0.3) is 0 Å². The van der Waals surface area contributed by atoms with E-state index in [0.717, 1.165) is 6.42 Å². The summed E-state index contributed by atoms with van der Waals surface area (Å²) in [6.07, 6.45) is 0.907. The number of hydrogen-bond donors (Lipinski definition) is 2. The molecule has 0 bridgehead atoms. The van der Waals surface area contributed by atoms with E-state index in [1.165, 1.54) is 7.11 Å². The predicted molar refractivity (Wildman–Crippen MR) is 66.5 cm³/mol. The van der Waals surface area contributed by atoms with Gasteiger partial charge >= 0.3 is 11.9 Å². The molecule has 0 radical (unpaired) electrons. The number of ether oxygens (including phenoxy) is 2. The van der Waals surface area contributed by atoms with Crippen LogP contribution in [0.2, 0.25) is 0 Å². The maximum absolute atomic E-state index is 11.5. The van der Waals surface area contributed by atoms with Crippen molar-refractivity contribution >= 4 is 17.8 Å². The summed E-state index contributed by atoms with van der Waals surface area (Å²) in [6, 6.07) is -1.09. The number of aliphatic carboxylic acids is 1. The van der Waals surface area contributed by atoms with Crippen LogP contribution in [0.3, 0.4) is 0 Å². The van der Waals surface area contributed by atoms with Gasteiger partial charge in [0.2, 0.25) is 5.91 Å². The van der Waals surface area contributed by atoms with E-state index in [4.69, 9.17) is 9.84 Å². The first-order valence-electron chi connectivity index (χ1n) is 6.18. The number of carbonyl (C=O) groups excluding carboxylic acids is 2. The first kappa shape index (κ1) is 17.4. The van der Waals surface area contributed by atoms with Gasteiger partial charge in [-0.2, -0.15) is 0 Å². The van der Waals surface area contributed by atoms with E-state index in [1.807, 2.05) is 6.92 Å². The summed E-state index contributed by atoms with van der Waals surface area (Å²) in [5.74, 6) is -2.09. The minimum Gasteiger partial charge on any atom is -0.480 e. The fourth-order valence-corrected chi connectivity index (χ4v) is 1.30. The molecule has 0 unspecified atom stereocenters. The third-order valence-electron chi connectivity index (χ3n) is 2.32. The SMILES string of the molecule is CCCOCCC(=O)N[C@H](CCC(=O)OC)C(=O)O. The molecule has 7 heteroatoms. The number of carbonyl (C=O) groups is 3. The molecule has 1 atom stereocenters. The number of rotatable bonds is 10. The number of nitrogens with one attached hydrogen (secondary N) is 1. The van der Waals surface area contributed by atoms with Gasteiger partial charge in [-0.15, -0.1) is 0 Å². The number of carboxylic acid groups (broad SMARTS) is 1. The zero-order valence-corrected chi connectivity index (χ0v) is 11.3. The lowest BCUT2D eigenvalue weighted by atomic mass is 10.1. The van der Waals surface area contributed by atoms with Crippen molar-refractivity contribution < 1.29 is 29.0 Å². The topological polar surface area (TPSA) is 102 Å². The van der Waals surface area contributed by atoms with Gasteiger partial charge in [-0.05, 0) is 12.8 Å². The van der Waals surface area contributed by atoms with Crippen LogP contribution in [-0.4, -0.2) is 49.3 Å². The van der Waals surface area contributed by atoms with E-state index in [1.54, 1.807) is 0 Å². The molecule has 19 heavy (non-hydrogen) atoms. The number of esters is 1. The van der Waals surface area contributed by atoms with Gasteiger partial charge in [0.25, 0.3) is 0 Å². The Hall–Kier alpha value is -1.63. The van der Waals surface area contributed by atoms with Gasteiger partial charge in [-0.3, -0.25) is 9.59 Å². The van der Waals surface area contributed by atoms with Crippen molar-refractivity contribution in [1.82, 2.24) is 5.32 Å². The van der Waals surface area contributed by atoms with Gasteiger partial charge in [0, 0.05) is 19.4 Å². The van der Waals surface area contributed by atoms with E-state index in [9.17, 15) is 14.4 Å². The summed E-state index contributed by atoms with van der Waals surface area (Å²) < 4.78 is 9.54. The van der Waals surface area contributed by atoms with Crippen molar-refractivity contribution in [2.75, 3.05) is 20.3 Å². The average molecular weight is 275 g/mol. The summed E-state index contributed by atoms with van der Waals surface area (Å²) in [6.45, 7) is 2.77. The molecule has 0 heterocycles. The Bertz CT molecular complexity index is 305. The summed E-state index contributed by atoms with van der Waals surface area (Å²) in [4.78, 5) is 33.3.